The lowest BCUT2D eigenvalue weighted by molar-refractivity contribution is -0.141. The maximum absolute atomic E-state index is 11.9. The van der Waals surface area contributed by atoms with Crippen molar-refractivity contribution < 1.29 is 17.9 Å². The van der Waals surface area contributed by atoms with Gasteiger partial charge in [-0.3, -0.25) is 4.79 Å². The van der Waals surface area contributed by atoms with E-state index in [1.54, 1.807) is 0 Å². The van der Waals surface area contributed by atoms with Gasteiger partial charge in [0.2, 0.25) is 0 Å². The third-order valence-corrected chi connectivity index (χ3v) is 4.92. The number of ether oxygens (including phenoxy) is 1. The van der Waals surface area contributed by atoms with Crippen molar-refractivity contribution in [2.24, 2.45) is 0 Å². The first kappa shape index (κ1) is 15.4. The van der Waals surface area contributed by atoms with Gasteiger partial charge >= 0.3 is 5.97 Å². The number of hydrogen-bond acceptors (Lipinski definition) is 5. The smallest absolute Gasteiger partial charge is 0.306 e. The van der Waals surface area contributed by atoms with E-state index in [4.69, 9.17) is 0 Å². The number of carbonyl (C=O) groups excluding carboxylic acids is 1. The minimum atomic E-state index is -3.31. The molecule has 0 aromatic rings. The zero-order valence-corrected chi connectivity index (χ0v) is 11.9. The van der Waals surface area contributed by atoms with Crippen molar-refractivity contribution in [1.82, 2.24) is 13.5 Å². The van der Waals surface area contributed by atoms with Crippen LogP contribution in [0.1, 0.15) is 6.42 Å². The zero-order valence-electron chi connectivity index (χ0n) is 11.1. The standard InChI is InChI=1S/C10H21N3O4S/c1-11(2)18(15,16)13-8-6-12(7-9-13)5-4-10(14)17-3/h4-9H2,1-3H3. The highest BCUT2D eigenvalue weighted by atomic mass is 32.2. The molecule has 1 saturated heterocycles. The molecule has 106 valence electrons. The lowest BCUT2D eigenvalue weighted by Crippen LogP contribution is -2.51. The first-order valence-corrected chi connectivity index (χ1v) is 7.24. The van der Waals surface area contributed by atoms with Gasteiger partial charge in [0.1, 0.15) is 0 Å². The molecule has 0 aromatic heterocycles. The van der Waals surface area contributed by atoms with E-state index < -0.39 is 10.2 Å². The first-order valence-electron chi connectivity index (χ1n) is 5.84. The Kier molecular flexibility index (Phi) is 5.51. The van der Waals surface area contributed by atoms with E-state index in [2.05, 4.69) is 9.64 Å². The lowest BCUT2D eigenvalue weighted by atomic mass is 10.3. The Hall–Kier alpha value is -0.700. The van der Waals surface area contributed by atoms with E-state index in [-0.39, 0.29) is 5.97 Å². The number of methoxy groups -OCH3 is 1. The first-order chi connectivity index (χ1) is 8.37. The molecule has 0 bridgehead atoms. The van der Waals surface area contributed by atoms with Gasteiger partial charge < -0.3 is 9.64 Å². The Bertz CT molecular complexity index is 375. The molecule has 8 heteroatoms. The van der Waals surface area contributed by atoms with Gasteiger partial charge in [-0.1, -0.05) is 0 Å². The molecular formula is C10H21N3O4S. The van der Waals surface area contributed by atoms with E-state index in [1.165, 1.54) is 29.8 Å². The van der Waals surface area contributed by atoms with Crippen LogP contribution in [0.25, 0.3) is 0 Å². The summed E-state index contributed by atoms with van der Waals surface area (Å²) in [5, 5.41) is 0. The van der Waals surface area contributed by atoms with Crippen LogP contribution in [0, 0.1) is 0 Å². The van der Waals surface area contributed by atoms with E-state index in [9.17, 15) is 13.2 Å². The fourth-order valence-electron chi connectivity index (χ4n) is 1.77. The molecule has 18 heavy (non-hydrogen) atoms. The van der Waals surface area contributed by atoms with Crippen molar-refractivity contribution in [2.75, 3.05) is 53.9 Å². The van der Waals surface area contributed by atoms with Crippen molar-refractivity contribution in [3.8, 4) is 0 Å². The second-order valence-corrected chi connectivity index (χ2v) is 6.50. The Morgan fingerprint density at radius 3 is 2.22 bits per heavy atom. The minimum absolute atomic E-state index is 0.238. The summed E-state index contributed by atoms with van der Waals surface area (Å²) in [5.74, 6) is -0.238. The van der Waals surface area contributed by atoms with Crippen LogP contribution in [0.2, 0.25) is 0 Å². The summed E-state index contributed by atoms with van der Waals surface area (Å²) >= 11 is 0. The van der Waals surface area contributed by atoms with E-state index in [0.29, 0.717) is 39.1 Å². The topological polar surface area (TPSA) is 70.2 Å². The van der Waals surface area contributed by atoms with Crippen LogP contribution in [0.15, 0.2) is 0 Å². The van der Waals surface area contributed by atoms with Crippen LogP contribution in [0.5, 0.6) is 0 Å². The highest BCUT2D eigenvalue weighted by Gasteiger charge is 2.28. The molecule has 0 atom stereocenters. The lowest BCUT2D eigenvalue weighted by Gasteiger charge is -2.34. The van der Waals surface area contributed by atoms with Gasteiger partial charge in [-0.05, 0) is 0 Å². The summed E-state index contributed by atoms with van der Waals surface area (Å²) in [7, 11) is 1.11. The quantitative estimate of drug-likeness (QED) is 0.602. The molecule has 1 heterocycles. The van der Waals surface area contributed by atoms with Gasteiger partial charge in [0, 0.05) is 46.8 Å². The van der Waals surface area contributed by atoms with Crippen molar-refractivity contribution in [3.05, 3.63) is 0 Å². The molecule has 0 unspecified atom stereocenters. The molecule has 0 spiro atoms. The predicted octanol–water partition coefficient (Wildman–Crippen LogP) is -1.03. The van der Waals surface area contributed by atoms with Crippen LogP contribution in [0.3, 0.4) is 0 Å². The molecule has 0 aliphatic carbocycles. The van der Waals surface area contributed by atoms with Crippen molar-refractivity contribution in [2.45, 2.75) is 6.42 Å². The molecule has 1 fully saturated rings. The van der Waals surface area contributed by atoms with Crippen LogP contribution in [-0.4, -0.2) is 81.8 Å². The number of nitrogens with zero attached hydrogens (tertiary/aromatic N) is 3. The Morgan fingerprint density at radius 2 is 1.78 bits per heavy atom. The van der Waals surface area contributed by atoms with E-state index >= 15 is 0 Å². The molecule has 0 aromatic carbocycles. The number of rotatable bonds is 5. The molecule has 0 amide bonds. The normalized spacial score (nSPS) is 19.1. The summed E-state index contributed by atoms with van der Waals surface area (Å²) in [5.41, 5.74) is 0. The predicted molar refractivity (Wildman–Crippen MR) is 67.3 cm³/mol. The van der Waals surface area contributed by atoms with Crippen molar-refractivity contribution in [3.63, 3.8) is 0 Å². The molecule has 1 aliphatic rings. The van der Waals surface area contributed by atoms with Crippen LogP contribution in [-0.2, 0) is 19.7 Å². The van der Waals surface area contributed by atoms with Crippen LogP contribution in [0.4, 0.5) is 0 Å². The summed E-state index contributed by atoms with van der Waals surface area (Å²) in [4.78, 5) is 13.1. The van der Waals surface area contributed by atoms with Gasteiger partial charge in [-0.15, -0.1) is 0 Å². The van der Waals surface area contributed by atoms with Gasteiger partial charge in [0.05, 0.1) is 13.5 Å². The SMILES string of the molecule is COC(=O)CCN1CCN(S(=O)(=O)N(C)C)CC1. The third-order valence-electron chi connectivity index (χ3n) is 2.98. The molecule has 1 aliphatic heterocycles. The fraction of sp³-hybridized carbons (Fsp3) is 0.900. The van der Waals surface area contributed by atoms with E-state index in [1.807, 2.05) is 0 Å². The monoisotopic (exact) mass is 279 g/mol. The molecular weight excluding hydrogens is 258 g/mol. The Morgan fingerprint density at radius 1 is 1.22 bits per heavy atom. The average Bonchev–Trinajstić information content (AvgIpc) is 2.36. The molecule has 0 N–H and O–H groups in total. The molecule has 0 radical (unpaired) electrons. The highest BCUT2D eigenvalue weighted by molar-refractivity contribution is 7.86. The summed E-state index contributed by atoms with van der Waals surface area (Å²) < 4.78 is 31.0. The van der Waals surface area contributed by atoms with Gasteiger partial charge in [0.25, 0.3) is 10.2 Å². The number of hydrogen-bond donors (Lipinski definition) is 0. The molecule has 7 nitrogen and oxygen atoms in total. The van der Waals surface area contributed by atoms with Crippen molar-refractivity contribution in [1.29, 1.82) is 0 Å². The third kappa shape index (κ3) is 3.91. The summed E-state index contributed by atoms with van der Waals surface area (Å²) in [6.45, 7) is 2.82. The van der Waals surface area contributed by atoms with Gasteiger partial charge in [-0.2, -0.15) is 17.0 Å². The highest BCUT2D eigenvalue weighted by Crippen LogP contribution is 2.09. The Balaban J connectivity index is 2.40. The fourth-order valence-corrected chi connectivity index (χ4v) is 2.85. The maximum Gasteiger partial charge on any atom is 0.306 e. The van der Waals surface area contributed by atoms with E-state index in [0.717, 1.165) is 0 Å². The molecule has 1 rings (SSSR count). The number of piperazine rings is 1. The maximum atomic E-state index is 11.9. The molecule has 0 saturated carbocycles. The average molecular weight is 279 g/mol. The van der Waals surface area contributed by atoms with Crippen molar-refractivity contribution >= 4 is 16.2 Å². The van der Waals surface area contributed by atoms with Gasteiger partial charge in [-0.25, -0.2) is 0 Å². The summed E-state index contributed by atoms with van der Waals surface area (Å²) in [6.07, 6.45) is 0.344. The van der Waals surface area contributed by atoms with Crippen LogP contribution < -0.4 is 0 Å². The Labute approximate surface area is 108 Å². The number of esters is 1. The second-order valence-electron chi connectivity index (χ2n) is 4.36. The number of carbonyl (C=O) groups is 1. The minimum Gasteiger partial charge on any atom is -0.469 e. The second kappa shape index (κ2) is 6.46. The van der Waals surface area contributed by atoms with Gasteiger partial charge in [0.15, 0.2) is 0 Å². The zero-order chi connectivity index (χ0) is 13.8. The summed E-state index contributed by atoms with van der Waals surface area (Å²) in [6, 6.07) is 0. The van der Waals surface area contributed by atoms with Crippen LogP contribution >= 0.6 is 0 Å². The largest absolute Gasteiger partial charge is 0.469 e.